The van der Waals surface area contributed by atoms with Crippen LogP contribution in [0.25, 0.3) is 0 Å². The van der Waals surface area contributed by atoms with Gasteiger partial charge in [-0.1, -0.05) is 6.07 Å². The van der Waals surface area contributed by atoms with Crippen LogP contribution in [0, 0.1) is 11.6 Å². The van der Waals surface area contributed by atoms with Crippen molar-refractivity contribution in [1.82, 2.24) is 5.32 Å². The van der Waals surface area contributed by atoms with E-state index >= 15 is 0 Å². The number of benzene rings is 1. The fraction of sp³-hybridized carbons (Fsp3) is 0.462. The maximum Gasteiger partial charge on any atom is 0.407 e. The van der Waals surface area contributed by atoms with Gasteiger partial charge in [-0.3, -0.25) is 0 Å². The molecule has 106 valence electrons. The van der Waals surface area contributed by atoms with Gasteiger partial charge in [0.2, 0.25) is 0 Å². The van der Waals surface area contributed by atoms with Crippen LogP contribution in [0.15, 0.2) is 18.2 Å². The van der Waals surface area contributed by atoms with E-state index in [2.05, 4.69) is 5.32 Å². The zero-order valence-corrected chi connectivity index (χ0v) is 11.2. The molecule has 0 heterocycles. The van der Waals surface area contributed by atoms with Gasteiger partial charge in [0.05, 0.1) is 0 Å². The van der Waals surface area contributed by atoms with Crippen LogP contribution in [-0.2, 0) is 4.74 Å². The van der Waals surface area contributed by atoms with E-state index in [1.807, 2.05) is 0 Å². The Bertz CT molecular complexity index is 458. The van der Waals surface area contributed by atoms with Crippen LogP contribution in [0.1, 0.15) is 32.4 Å². The quantitative estimate of drug-likeness (QED) is 0.888. The summed E-state index contributed by atoms with van der Waals surface area (Å²) < 4.78 is 30.8. The van der Waals surface area contributed by atoms with E-state index in [9.17, 15) is 13.6 Å². The minimum Gasteiger partial charge on any atom is -0.444 e. The normalized spacial score (nSPS) is 12.9. The highest BCUT2D eigenvalue weighted by atomic mass is 19.2. The maximum absolute atomic E-state index is 13.0. The molecule has 19 heavy (non-hydrogen) atoms. The van der Waals surface area contributed by atoms with Crippen molar-refractivity contribution in [3.8, 4) is 0 Å². The van der Waals surface area contributed by atoms with Gasteiger partial charge in [0.25, 0.3) is 0 Å². The Morgan fingerprint density at radius 2 is 2.00 bits per heavy atom. The van der Waals surface area contributed by atoms with E-state index in [-0.39, 0.29) is 6.54 Å². The molecule has 0 aliphatic heterocycles. The van der Waals surface area contributed by atoms with E-state index < -0.39 is 29.4 Å². The number of carbonyl (C=O) groups is 1. The van der Waals surface area contributed by atoms with Crippen molar-refractivity contribution in [3.63, 3.8) is 0 Å². The first-order valence-electron chi connectivity index (χ1n) is 5.86. The van der Waals surface area contributed by atoms with Crippen molar-refractivity contribution in [2.24, 2.45) is 5.73 Å². The largest absolute Gasteiger partial charge is 0.444 e. The first kappa shape index (κ1) is 15.4. The molecule has 1 aromatic rings. The number of alkyl carbamates (subject to hydrolysis) is 1. The average molecular weight is 272 g/mol. The molecule has 1 amide bonds. The summed E-state index contributed by atoms with van der Waals surface area (Å²) in [5.74, 6) is -1.90. The molecule has 0 aromatic heterocycles. The highest BCUT2D eigenvalue weighted by molar-refractivity contribution is 5.67. The van der Waals surface area contributed by atoms with E-state index in [0.29, 0.717) is 5.56 Å². The lowest BCUT2D eigenvalue weighted by Crippen LogP contribution is -2.36. The Morgan fingerprint density at radius 1 is 1.37 bits per heavy atom. The van der Waals surface area contributed by atoms with E-state index in [1.165, 1.54) is 6.07 Å². The first-order valence-corrected chi connectivity index (χ1v) is 5.86. The highest BCUT2D eigenvalue weighted by Crippen LogP contribution is 2.14. The smallest absolute Gasteiger partial charge is 0.407 e. The van der Waals surface area contributed by atoms with Gasteiger partial charge >= 0.3 is 6.09 Å². The molecule has 0 saturated heterocycles. The van der Waals surface area contributed by atoms with Crippen molar-refractivity contribution in [2.45, 2.75) is 32.4 Å². The number of hydrogen-bond donors (Lipinski definition) is 2. The van der Waals surface area contributed by atoms with Gasteiger partial charge in [0, 0.05) is 12.6 Å². The lowest BCUT2D eigenvalue weighted by atomic mass is 10.1. The summed E-state index contributed by atoms with van der Waals surface area (Å²) >= 11 is 0. The summed E-state index contributed by atoms with van der Waals surface area (Å²) in [5.41, 5.74) is 5.56. The van der Waals surface area contributed by atoms with Crippen LogP contribution in [0.4, 0.5) is 13.6 Å². The monoisotopic (exact) mass is 272 g/mol. The Balaban J connectivity index is 2.53. The molecule has 0 radical (unpaired) electrons. The van der Waals surface area contributed by atoms with Crippen molar-refractivity contribution >= 4 is 6.09 Å². The standard InChI is InChI=1S/C13H18F2N2O2/c1-13(2,3)19-12(18)17-7-11(16)8-4-5-9(14)10(15)6-8/h4-6,11H,7,16H2,1-3H3,(H,17,18). The van der Waals surface area contributed by atoms with Gasteiger partial charge < -0.3 is 15.8 Å². The minimum absolute atomic E-state index is 0.0694. The highest BCUT2D eigenvalue weighted by Gasteiger charge is 2.17. The van der Waals surface area contributed by atoms with Gasteiger partial charge in [-0.25, -0.2) is 13.6 Å². The molecule has 0 saturated carbocycles. The van der Waals surface area contributed by atoms with Crippen molar-refractivity contribution in [1.29, 1.82) is 0 Å². The molecular formula is C13H18F2N2O2. The summed E-state index contributed by atoms with van der Waals surface area (Å²) in [7, 11) is 0. The van der Waals surface area contributed by atoms with Crippen LogP contribution in [0.5, 0.6) is 0 Å². The third-order valence-corrected chi connectivity index (χ3v) is 2.24. The molecule has 4 nitrogen and oxygen atoms in total. The third-order valence-electron chi connectivity index (χ3n) is 2.24. The summed E-state index contributed by atoms with van der Waals surface area (Å²) in [6.07, 6.45) is -0.606. The zero-order chi connectivity index (χ0) is 14.6. The number of halogens is 2. The molecule has 3 N–H and O–H groups in total. The zero-order valence-electron chi connectivity index (χ0n) is 11.2. The van der Waals surface area contributed by atoms with Crippen LogP contribution in [0.2, 0.25) is 0 Å². The van der Waals surface area contributed by atoms with Crippen molar-refractivity contribution < 1.29 is 18.3 Å². The maximum atomic E-state index is 13.0. The molecule has 1 atom stereocenters. The second-order valence-electron chi connectivity index (χ2n) is 5.16. The predicted octanol–water partition coefficient (Wildman–Crippen LogP) is 2.49. The fourth-order valence-corrected chi connectivity index (χ4v) is 1.37. The van der Waals surface area contributed by atoms with Crippen LogP contribution in [-0.4, -0.2) is 18.2 Å². The van der Waals surface area contributed by atoms with E-state index in [0.717, 1.165) is 12.1 Å². The number of amides is 1. The van der Waals surface area contributed by atoms with Gasteiger partial charge in [-0.2, -0.15) is 0 Å². The van der Waals surface area contributed by atoms with Gasteiger partial charge in [-0.15, -0.1) is 0 Å². The minimum atomic E-state index is -0.967. The number of rotatable bonds is 3. The molecule has 1 aromatic carbocycles. The molecule has 6 heteroatoms. The summed E-state index contributed by atoms with van der Waals surface area (Å²) in [5, 5.41) is 2.47. The lowest BCUT2D eigenvalue weighted by molar-refractivity contribution is 0.0524. The molecule has 0 aliphatic carbocycles. The van der Waals surface area contributed by atoms with Crippen LogP contribution < -0.4 is 11.1 Å². The molecular weight excluding hydrogens is 254 g/mol. The van der Waals surface area contributed by atoms with Gasteiger partial charge in [0.15, 0.2) is 11.6 Å². The second kappa shape index (κ2) is 5.97. The molecule has 0 spiro atoms. The van der Waals surface area contributed by atoms with Crippen LogP contribution in [0.3, 0.4) is 0 Å². The molecule has 0 bridgehead atoms. The summed E-state index contributed by atoms with van der Waals surface area (Å²) in [6, 6.07) is 2.75. The SMILES string of the molecule is CC(C)(C)OC(=O)NCC(N)c1ccc(F)c(F)c1. The Hall–Kier alpha value is -1.69. The molecule has 1 rings (SSSR count). The molecule has 0 fully saturated rings. The van der Waals surface area contributed by atoms with Crippen LogP contribution >= 0.6 is 0 Å². The average Bonchev–Trinajstić information content (AvgIpc) is 2.27. The summed E-state index contributed by atoms with van der Waals surface area (Å²) in [4.78, 5) is 11.4. The number of hydrogen-bond acceptors (Lipinski definition) is 3. The second-order valence-corrected chi connectivity index (χ2v) is 5.16. The van der Waals surface area contributed by atoms with E-state index in [1.54, 1.807) is 20.8 Å². The van der Waals surface area contributed by atoms with Crippen molar-refractivity contribution in [2.75, 3.05) is 6.54 Å². The number of nitrogens with two attached hydrogens (primary N) is 1. The Morgan fingerprint density at radius 3 is 2.53 bits per heavy atom. The lowest BCUT2D eigenvalue weighted by Gasteiger charge is -2.21. The molecule has 1 unspecified atom stereocenters. The van der Waals surface area contributed by atoms with E-state index in [4.69, 9.17) is 10.5 Å². The molecule has 0 aliphatic rings. The third kappa shape index (κ3) is 5.21. The van der Waals surface area contributed by atoms with Gasteiger partial charge in [0.1, 0.15) is 5.60 Å². The summed E-state index contributed by atoms with van der Waals surface area (Å²) in [6.45, 7) is 5.28. The Labute approximate surface area is 110 Å². The fourth-order valence-electron chi connectivity index (χ4n) is 1.37. The Kier molecular flexibility index (Phi) is 4.83. The first-order chi connectivity index (χ1) is 8.69. The predicted molar refractivity (Wildman–Crippen MR) is 67.5 cm³/mol. The topological polar surface area (TPSA) is 64.3 Å². The number of ether oxygens (including phenoxy) is 1. The van der Waals surface area contributed by atoms with Crippen molar-refractivity contribution in [3.05, 3.63) is 35.4 Å². The number of nitrogens with one attached hydrogen (secondary N) is 1. The van der Waals surface area contributed by atoms with Gasteiger partial charge in [-0.05, 0) is 38.5 Å². The number of carbonyl (C=O) groups excluding carboxylic acids is 1.